The minimum atomic E-state index is -0.0409. The zero-order valence-corrected chi connectivity index (χ0v) is 8.80. The first-order valence-electron chi connectivity index (χ1n) is 4.97. The molecule has 2 nitrogen and oxygen atoms in total. The number of hydrogen-bond donors (Lipinski definition) is 1. The summed E-state index contributed by atoms with van der Waals surface area (Å²) < 4.78 is 0. The van der Waals surface area contributed by atoms with Crippen LogP contribution < -0.4 is 5.73 Å². The van der Waals surface area contributed by atoms with Gasteiger partial charge in [-0.25, -0.2) is 0 Å². The van der Waals surface area contributed by atoms with Crippen molar-refractivity contribution in [2.45, 2.75) is 58.2 Å². The Morgan fingerprint density at radius 2 is 2.00 bits per heavy atom. The molecule has 1 fully saturated rings. The lowest BCUT2D eigenvalue weighted by atomic mass is 9.93. The van der Waals surface area contributed by atoms with Crippen molar-refractivity contribution in [3.63, 3.8) is 0 Å². The van der Waals surface area contributed by atoms with Gasteiger partial charge in [-0.05, 0) is 47.1 Å². The molecule has 1 atom stereocenters. The Morgan fingerprint density at radius 1 is 1.42 bits per heavy atom. The molecule has 72 valence electrons. The van der Waals surface area contributed by atoms with Gasteiger partial charge < -0.3 is 5.73 Å². The third-order valence-electron chi connectivity index (χ3n) is 2.82. The molecule has 12 heavy (non-hydrogen) atoms. The normalized spacial score (nSPS) is 27.0. The van der Waals surface area contributed by atoms with E-state index in [1.54, 1.807) is 0 Å². The van der Waals surface area contributed by atoms with Crippen molar-refractivity contribution in [1.29, 1.82) is 0 Å². The smallest absolute Gasteiger partial charge is 0.0273 e. The van der Waals surface area contributed by atoms with Gasteiger partial charge in [-0.1, -0.05) is 0 Å². The van der Waals surface area contributed by atoms with Crippen molar-refractivity contribution in [3.8, 4) is 0 Å². The van der Waals surface area contributed by atoms with Crippen LogP contribution in [-0.4, -0.2) is 29.1 Å². The van der Waals surface area contributed by atoms with E-state index in [9.17, 15) is 0 Å². The standard InChI is InChI=1S/C10H22N2/c1-8(2)12-7-5-6-9(12)10(3,4)11/h8-9H,5-7,11H2,1-4H3/t9-/m0/s1. The molecule has 0 radical (unpaired) electrons. The first-order valence-corrected chi connectivity index (χ1v) is 4.97. The minimum Gasteiger partial charge on any atom is -0.324 e. The third-order valence-corrected chi connectivity index (χ3v) is 2.82. The van der Waals surface area contributed by atoms with Gasteiger partial charge in [0.05, 0.1) is 0 Å². The Hall–Kier alpha value is -0.0800. The second-order valence-electron chi connectivity index (χ2n) is 4.81. The van der Waals surface area contributed by atoms with Crippen LogP contribution in [0.4, 0.5) is 0 Å². The van der Waals surface area contributed by atoms with Gasteiger partial charge in [0.1, 0.15) is 0 Å². The lowest BCUT2D eigenvalue weighted by molar-refractivity contribution is 0.147. The Bertz CT molecular complexity index is 146. The molecule has 2 N–H and O–H groups in total. The van der Waals surface area contributed by atoms with Gasteiger partial charge in [-0.2, -0.15) is 0 Å². The Balaban J connectivity index is 2.64. The Kier molecular flexibility index (Phi) is 2.79. The van der Waals surface area contributed by atoms with E-state index in [0.717, 1.165) is 0 Å². The number of nitrogens with two attached hydrogens (primary N) is 1. The van der Waals surface area contributed by atoms with Crippen LogP contribution in [0.3, 0.4) is 0 Å². The van der Waals surface area contributed by atoms with Crippen molar-refractivity contribution in [2.24, 2.45) is 5.73 Å². The molecule has 0 aromatic carbocycles. The van der Waals surface area contributed by atoms with Gasteiger partial charge in [-0.15, -0.1) is 0 Å². The molecule has 1 rings (SSSR count). The fourth-order valence-corrected chi connectivity index (χ4v) is 2.21. The molecule has 0 saturated carbocycles. The molecule has 0 amide bonds. The third kappa shape index (κ3) is 1.99. The van der Waals surface area contributed by atoms with Crippen LogP contribution in [0.1, 0.15) is 40.5 Å². The first kappa shape index (κ1) is 10.0. The van der Waals surface area contributed by atoms with Crippen molar-refractivity contribution in [2.75, 3.05) is 6.54 Å². The summed E-state index contributed by atoms with van der Waals surface area (Å²) in [5.74, 6) is 0. The quantitative estimate of drug-likeness (QED) is 0.682. The molecule has 0 aromatic rings. The lowest BCUT2D eigenvalue weighted by Crippen LogP contribution is -2.53. The predicted molar refractivity (Wildman–Crippen MR) is 53.1 cm³/mol. The van der Waals surface area contributed by atoms with Gasteiger partial charge in [-0.3, -0.25) is 4.90 Å². The highest BCUT2D eigenvalue weighted by Crippen LogP contribution is 2.26. The highest BCUT2D eigenvalue weighted by atomic mass is 15.2. The molecule has 2 heteroatoms. The molecule has 0 bridgehead atoms. The molecule has 1 aliphatic rings. The molecule has 0 spiro atoms. The van der Waals surface area contributed by atoms with Crippen molar-refractivity contribution < 1.29 is 0 Å². The van der Waals surface area contributed by atoms with Crippen LogP contribution in [0.2, 0.25) is 0 Å². The molecule has 0 aromatic heterocycles. The summed E-state index contributed by atoms with van der Waals surface area (Å²) in [6.45, 7) is 10.0. The molecule has 1 heterocycles. The number of nitrogens with zero attached hydrogens (tertiary/aromatic N) is 1. The van der Waals surface area contributed by atoms with E-state index in [1.807, 2.05) is 0 Å². The lowest BCUT2D eigenvalue weighted by Gasteiger charge is -2.37. The van der Waals surface area contributed by atoms with E-state index >= 15 is 0 Å². The van der Waals surface area contributed by atoms with E-state index in [-0.39, 0.29) is 5.54 Å². The van der Waals surface area contributed by atoms with Crippen LogP contribution in [0.25, 0.3) is 0 Å². The maximum atomic E-state index is 6.13. The van der Waals surface area contributed by atoms with E-state index in [2.05, 4.69) is 32.6 Å². The average Bonchev–Trinajstić information content (AvgIpc) is 2.30. The summed E-state index contributed by atoms with van der Waals surface area (Å²) in [5, 5.41) is 0. The SMILES string of the molecule is CC(C)N1CCC[C@H]1C(C)(C)N. The number of hydrogen-bond acceptors (Lipinski definition) is 2. The van der Waals surface area contributed by atoms with E-state index < -0.39 is 0 Å². The summed E-state index contributed by atoms with van der Waals surface area (Å²) in [5.41, 5.74) is 6.09. The second kappa shape index (κ2) is 3.35. The summed E-state index contributed by atoms with van der Waals surface area (Å²) in [6, 6.07) is 1.22. The topological polar surface area (TPSA) is 29.3 Å². The zero-order chi connectivity index (χ0) is 9.35. The van der Waals surface area contributed by atoms with Crippen LogP contribution in [0, 0.1) is 0 Å². The predicted octanol–water partition coefficient (Wildman–Crippen LogP) is 1.60. The fraction of sp³-hybridized carbons (Fsp3) is 1.00. The maximum Gasteiger partial charge on any atom is 0.0273 e. The number of likely N-dealkylation sites (tertiary alicyclic amines) is 1. The molecule has 1 aliphatic heterocycles. The van der Waals surface area contributed by atoms with Gasteiger partial charge in [0.15, 0.2) is 0 Å². The largest absolute Gasteiger partial charge is 0.324 e. The average molecular weight is 170 g/mol. The Morgan fingerprint density at radius 3 is 2.33 bits per heavy atom. The van der Waals surface area contributed by atoms with Gasteiger partial charge in [0.2, 0.25) is 0 Å². The molecular weight excluding hydrogens is 148 g/mol. The second-order valence-corrected chi connectivity index (χ2v) is 4.81. The van der Waals surface area contributed by atoms with Crippen molar-refractivity contribution >= 4 is 0 Å². The molecule has 0 aliphatic carbocycles. The highest BCUT2D eigenvalue weighted by molar-refractivity contribution is 4.94. The summed E-state index contributed by atoms with van der Waals surface area (Å²) in [6.07, 6.45) is 2.57. The minimum absolute atomic E-state index is 0.0409. The van der Waals surface area contributed by atoms with Gasteiger partial charge in [0, 0.05) is 17.6 Å². The van der Waals surface area contributed by atoms with Crippen LogP contribution in [-0.2, 0) is 0 Å². The summed E-state index contributed by atoms with van der Waals surface area (Å²) in [4.78, 5) is 2.53. The Labute approximate surface area is 76.1 Å². The van der Waals surface area contributed by atoms with E-state index in [1.165, 1.54) is 19.4 Å². The maximum absolute atomic E-state index is 6.13. The van der Waals surface area contributed by atoms with Crippen LogP contribution >= 0.6 is 0 Å². The van der Waals surface area contributed by atoms with Crippen LogP contribution in [0.5, 0.6) is 0 Å². The molecule has 0 unspecified atom stereocenters. The van der Waals surface area contributed by atoms with Gasteiger partial charge in [0.25, 0.3) is 0 Å². The zero-order valence-electron chi connectivity index (χ0n) is 8.80. The van der Waals surface area contributed by atoms with E-state index in [0.29, 0.717) is 12.1 Å². The first-order chi connectivity index (χ1) is 5.43. The van der Waals surface area contributed by atoms with Crippen molar-refractivity contribution in [1.82, 2.24) is 4.90 Å². The molecular formula is C10H22N2. The summed E-state index contributed by atoms with van der Waals surface area (Å²) in [7, 11) is 0. The summed E-state index contributed by atoms with van der Waals surface area (Å²) >= 11 is 0. The van der Waals surface area contributed by atoms with Gasteiger partial charge >= 0.3 is 0 Å². The monoisotopic (exact) mass is 170 g/mol. The molecule has 1 saturated heterocycles. The van der Waals surface area contributed by atoms with Crippen LogP contribution in [0.15, 0.2) is 0 Å². The fourth-order valence-electron chi connectivity index (χ4n) is 2.21. The number of rotatable bonds is 2. The van der Waals surface area contributed by atoms with Crippen molar-refractivity contribution in [3.05, 3.63) is 0 Å². The van der Waals surface area contributed by atoms with E-state index in [4.69, 9.17) is 5.73 Å². The highest BCUT2D eigenvalue weighted by Gasteiger charge is 2.35.